The molecule has 0 amide bonds. The molecule has 9 heteroatoms. The summed E-state index contributed by atoms with van der Waals surface area (Å²) in [4.78, 5) is 0. The Morgan fingerprint density at radius 2 is 0.714 bits per heavy atom. The van der Waals surface area contributed by atoms with Gasteiger partial charge in [-0.05, 0) is 0 Å². The monoisotopic (exact) mass is 458 g/mol. The van der Waals surface area contributed by atoms with Crippen LogP contribution in [0.25, 0.3) is 0 Å². The van der Waals surface area contributed by atoms with E-state index in [4.69, 9.17) is 0 Å². The normalized spacial score (nSPS) is 17.4. The van der Waals surface area contributed by atoms with Crippen LogP contribution in [0.2, 0.25) is 0 Å². The third kappa shape index (κ3) is 16.4. The minimum absolute atomic E-state index is 0.387. The third-order valence-corrected chi connectivity index (χ3v) is 10.5. The number of hydrogen-bond acceptors (Lipinski definition) is 9. The molecule has 0 aromatic carbocycles. The Balaban J connectivity index is 3.46. The van der Waals surface area contributed by atoms with Gasteiger partial charge in [-0.15, -0.1) is 0 Å². The summed E-state index contributed by atoms with van der Waals surface area (Å²) in [6, 6.07) is 0. The Morgan fingerprint density at radius 3 is 0.952 bits per heavy atom. The SMILES string of the molecule is SCC(S)CSCC(S)CSCC(S)CSCC(S)CS. The number of thiol groups is 6. The molecule has 0 rings (SSSR count). The minimum Gasteiger partial charge on any atom is -0.178 e. The van der Waals surface area contributed by atoms with Crippen molar-refractivity contribution in [2.45, 2.75) is 21.0 Å². The highest BCUT2D eigenvalue weighted by Gasteiger charge is 2.09. The van der Waals surface area contributed by atoms with Gasteiger partial charge in [-0.25, -0.2) is 0 Å². The summed E-state index contributed by atoms with van der Waals surface area (Å²) < 4.78 is 0. The molecule has 0 aromatic heterocycles. The van der Waals surface area contributed by atoms with E-state index in [0.717, 1.165) is 46.0 Å². The molecule has 0 aromatic rings. The molecule has 4 unspecified atom stereocenters. The van der Waals surface area contributed by atoms with Crippen molar-refractivity contribution in [3.05, 3.63) is 0 Å². The highest BCUT2D eigenvalue weighted by Crippen LogP contribution is 2.20. The zero-order valence-electron chi connectivity index (χ0n) is 11.9. The van der Waals surface area contributed by atoms with Crippen LogP contribution in [0, 0.1) is 0 Å². The molecule has 4 atom stereocenters. The predicted molar refractivity (Wildman–Crippen MR) is 131 cm³/mol. The summed E-state index contributed by atoms with van der Waals surface area (Å²) in [6.07, 6.45) is 0. The first-order valence-corrected chi connectivity index (χ1v) is 13.5. The average molecular weight is 459 g/mol. The molecule has 0 aliphatic carbocycles. The van der Waals surface area contributed by atoms with Crippen LogP contribution in [0.1, 0.15) is 0 Å². The van der Waals surface area contributed by atoms with Crippen molar-refractivity contribution in [1.82, 2.24) is 0 Å². The summed E-state index contributed by atoms with van der Waals surface area (Å²) >= 11 is 32.4. The van der Waals surface area contributed by atoms with Crippen molar-refractivity contribution >= 4 is 111 Å². The topological polar surface area (TPSA) is 0 Å². The van der Waals surface area contributed by atoms with Gasteiger partial charge in [0.2, 0.25) is 0 Å². The van der Waals surface area contributed by atoms with Crippen molar-refractivity contribution in [2.24, 2.45) is 0 Å². The summed E-state index contributed by atoms with van der Waals surface area (Å²) in [5.74, 6) is 8.10. The van der Waals surface area contributed by atoms with Crippen LogP contribution in [0.15, 0.2) is 0 Å². The molecule has 0 heterocycles. The lowest BCUT2D eigenvalue weighted by Gasteiger charge is -2.14. The molecule has 21 heavy (non-hydrogen) atoms. The van der Waals surface area contributed by atoms with Crippen molar-refractivity contribution in [3.63, 3.8) is 0 Å². The maximum atomic E-state index is 4.64. The van der Waals surface area contributed by atoms with E-state index in [1.54, 1.807) is 0 Å². The first-order chi connectivity index (χ1) is 9.99. The van der Waals surface area contributed by atoms with Crippen LogP contribution in [0.4, 0.5) is 0 Å². The molecule has 0 N–H and O–H groups in total. The van der Waals surface area contributed by atoms with Gasteiger partial charge < -0.3 is 0 Å². The molecular weight excluding hydrogens is 433 g/mol. The van der Waals surface area contributed by atoms with E-state index < -0.39 is 0 Å². The molecule has 0 aliphatic heterocycles. The van der Waals surface area contributed by atoms with Crippen LogP contribution in [-0.4, -0.2) is 67.0 Å². The van der Waals surface area contributed by atoms with Gasteiger partial charge in [-0.1, -0.05) is 0 Å². The van der Waals surface area contributed by atoms with Crippen LogP contribution in [0.3, 0.4) is 0 Å². The largest absolute Gasteiger partial charge is 0.178 e. The number of thioether (sulfide) groups is 3. The fourth-order valence-electron chi connectivity index (χ4n) is 1.22. The van der Waals surface area contributed by atoms with Gasteiger partial charge in [0.25, 0.3) is 0 Å². The van der Waals surface area contributed by atoms with E-state index in [-0.39, 0.29) is 0 Å². The number of rotatable bonds is 14. The molecule has 0 bridgehead atoms. The van der Waals surface area contributed by atoms with Crippen molar-refractivity contribution in [2.75, 3.05) is 46.0 Å². The maximum absolute atomic E-state index is 4.64. The molecule has 0 aliphatic rings. The molecule has 0 saturated heterocycles. The average Bonchev–Trinajstić information content (AvgIpc) is 2.46. The molecule has 128 valence electrons. The highest BCUT2D eigenvalue weighted by atomic mass is 32.2. The van der Waals surface area contributed by atoms with Gasteiger partial charge in [0.05, 0.1) is 0 Å². The molecule has 0 nitrogen and oxygen atoms in total. The maximum Gasteiger partial charge on any atom is 0.0198 e. The highest BCUT2D eigenvalue weighted by molar-refractivity contribution is 8.03. The van der Waals surface area contributed by atoms with Gasteiger partial charge in [-0.3, -0.25) is 0 Å². The zero-order valence-corrected chi connectivity index (χ0v) is 19.7. The molecule has 0 spiro atoms. The Labute approximate surface area is 176 Å². The van der Waals surface area contributed by atoms with Crippen LogP contribution >= 0.6 is 111 Å². The fourth-order valence-corrected chi connectivity index (χ4v) is 6.77. The molecule has 0 radical (unpaired) electrons. The lowest BCUT2D eigenvalue weighted by Crippen LogP contribution is -2.14. The molecule has 0 saturated carbocycles. The second-order valence-electron chi connectivity index (χ2n) is 4.59. The van der Waals surface area contributed by atoms with Crippen molar-refractivity contribution in [3.8, 4) is 0 Å². The predicted octanol–water partition coefficient (Wildman–Crippen LogP) is 4.24. The standard InChI is InChI=1S/C12H26S9/c13-1-9(15)3-19-5-11(17)7-21-8-12(18)6-20-4-10(16)2-14/h9-18H,1-8H2. The smallest absolute Gasteiger partial charge is 0.0198 e. The van der Waals surface area contributed by atoms with Gasteiger partial charge in [0, 0.05) is 67.0 Å². The Hall–Kier alpha value is 3.15. The number of hydrogen-bond donors (Lipinski definition) is 6. The summed E-state index contributed by atoms with van der Waals surface area (Å²) in [5.41, 5.74) is 0. The third-order valence-electron chi connectivity index (χ3n) is 2.28. The first-order valence-electron chi connectivity index (χ1n) is 6.66. The van der Waals surface area contributed by atoms with Crippen LogP contribution in [0.5, 0.6) is 0 Å². The summed E-state index contributed by atoms with van der Waals surface area (Å²) in [7, 11) is 0. The van der Waals surface area contributed by atoms with E-state index in [9.17, 15) is 0 Å². The minimum atomic E-state index is 0.387. The second kappa shape index (κ2) is 16.6. The van der Waals surface area contributed by atoms with E-state index in [1.165, 1.54) is 0 Å². The lowest BCUT2D eigenvalue weighted by molar-refractivity contribution is 1.11. The van der Waals surface area contributed by atoms with Gasteiger partial charge in [-0.2, -0.15) is 111 Å². The zero-order chi connectivity index (χ0) is 16.1. The van der Waals surface area contributed by atoms with Crippen LogP contribution in [-0.2, 0) is 0 Å². The van der Waals surface area contributed by atoms with Gasteiger partial charge in [0.15, 0.2) is 0 Å². The van der Waals surface area contributed by atoms with Crippen molar-refractivity contribution in [1.29, 1.82) is 0 Å². The van der Waals surface area contributed by atoms with Gasteiger partial charge in [0.1, 0.15) is 0 Å². The molecule has 0 fully saturated rings. The summed E-state index contributed by atoms with van der Waals surface area (Å²) in [5, 5.41) is 1.66. The molecular formula is C12H26S9. The quantitative estimate of drug-likeness (QED) is 0.216. The fraction of sp³-hybridized carbons (Fsp3) is 1.00. The Bertz CT molecular complexity index is 207. The van der Waals surface area contributed by atoms with Crippen LogP contribution < -0.4 is 0 Å². The Kier molecular flexibility index (Phi) is 19.1. The lowest BCUT2D eigenvalue weighted by atomic mass is 10.5. The van der Waals surface area contributed by atoms with E-state index in [0.29, 0.717) is 21.0 Å². The van der Waals surface area contributed by atoms with Crippen molar-refractivity contribution < 1.29 is 0 Å². The summed E-state index contributed by atoms with van der Waals surface area (Å²) in [6.45, 7) is 0. The second-order valence-corrected chi connectivity index (χ2v) is 11.5. The first kappa shape index (κ1) is 24.1. The van der Waals surface area contributed by atoms with E-state index in [2.05, 4.69) is 75.8 Å². The van der Waals surface area contributed by atoms with E-state index in [1.807, 2.05) is 35.3 Å². The van der Waals surface area contributed by atoms with E-state index >= 15 is 0 Å². The Morgan fingerprint density at radius 1 is 0.476 bits per heavy atom. The van der Waals surface area contributed by atoms with Gasteiger partial charge >= 0.3 is 0 Å².